The molecule has 0 amide bonds. The highest BCUT2D eigenvalue weighted by atomic mass is 32.1. The Balaban J connectivity index is 1.93. The minimum absolute atomic E-state index is 0.0586. The number of thiazole rings is 1. The van der Waals surface area contributed by atoms with Crippen molar-refractivity contribution in [3.63, 3.8) is 0 Å². The van der Waals surface area contributed by atoms with E-state index in [0.717, 1.165) is 16.3 Å². The van der Waals surface area contributed by atoms with Crippen LogP contribution in [0.1, 0.15) is 5.69 Å². The predicted octanol–water partition coefficient (Wildman–Crippen LogP) is 1.43. The van der Waals surface area contributed by atoms with Gasteiger partial charge in [0.1, 0.15) is 5.01 Å². The van der Waals surface area contributed by atoms with E-state index < -0.39 is 0 Å². The minimum Gasteiger partial charge on any atom is -0.379 e. The zero-order valence-electron chi connectivity index (χ0n) is 9.30. The Morgan fingerprint density at radius 2 is 2.35 bits per heavy atom. The highest BCUT2D eigenvalue weighted by Gasteiger charge is 2.41. The molecule has 5 heteroatoms. The summed E-state index contributed by atoms with van der Waals surface area (Å²) < 4.78 is 5.27. The van der Waals surface area contributed by atoms with E-state index in [4.69, 9.17) is 10.5 Å². The maximum Gasteiger partial charge on any atom is 0.125 e. The van der Waals surface area contributed by atoms with Gasteiger partial charge in [0.15, 0.2) is 0 Å². The van der Waals surface area contributed by atoms with Gasteiger partial charge in [-0.2, -0.15) is 0 Å². The van der Waals surface area contributed by atoms with Crippen molar-refractivity contribution in [1.29, 1.82) is 0 Å². The van der Waals surface area contributed by atoms with Crippen molar-refractivity contribution in [2.24, 2.45) is 5.73 Å². The smallest absolute Gasteiger partial charge is 0.125 e. The molecule has 0 radical (unpaired) electrons. The molecule has 0 aliphatic carbocycles. The maximum absolute atomic E-state index is 5.82. The molecule has 0 atom stereocenters. The first-order chi connectivity index (χ1) is 8.34. The highest BCUT2D eigenvalue weighted by Crippen LogP contribution is 2.34. The lowest BCUT2D eigenvalue weighted by Gasteiger charge is -2.39. The summed E-state index contributed by atoms with van der Waals surface area (Å²) >= 11 is 1.63. The van der Waals surface area contributed by atoms with Gasteiger partial charge in [0.2, 0.25) is 0 Å². The van der Waals surface area contributed by atoms with Crippen LogP contribution in [-0.2, 0) is 10.2 Å². The maximum atomic E-state index is 5.82. The van der Waals surface area contributed by atoms with Crippen LogP contribution in [0.3, 0.4) is 0 Å². The number of hydrogen-bond donors (Lipinski definition) is 1. The molecule has 1 fully saturated rings. The average Bonchev–Trinajstić information content (AvgIpc) is 2.80. The summed E-state index contributed by atoms with van der Waals surface area (Å²) in [5.41, 5.74) is 7.87. The largest absolute Gasteiger partial charge is 0.379 e. The lowest BCUT2D eigenvalue weighted by atomic mass is 9.83. The number of pyridine rings is 1. The molecule has 4 nitrogen and oxygen atoms in total. The fraction of sp³-hybridized carbons (Fsp3) is 0.333. The SMILES string of the molecule is NCC1(c2csc(-c3cccnc3)n2)COC1. The van der Waals surface area contributed by atoms with Crippen LogP contribution in [0.4, 0.5) is 0 Å². The Labute approximate surface area is 103 Å². The van der Waals surface area contributed by atoms with E-state index in [9.17, 15) is 0 Å². The monoisotopic (exact) mass is 247 g/mol. The Morgan fingerprint density at radius 3 is 2.94 bits per heavy atom. The molecule has 0 spiro atoms. The summed E-state index contributed by atoms with van der Waals surface area (Å²) in [6.07, 6.45) is 3.59. The van der Waals surface area contributed by atoms with Crippen molar-refractivity contribution in [3.8, 4) is 10.6 Å². The molecular formula is C12H13N3OS. The van der Waals surface area contributed by atoms with Gasteiger partial charge in [-0.15, -0.1) is 11.3 Å². The molecule has 0 unspecified atom stereocenters. The van der Waals surface area contributed by atoms with E-state index in [2.05, 4.69) is 15.3 Å². The summed E-state index contributed by atoms with van der Waals surface area (Å²) in [5.74, 6) is 0. The third-order valence-corrected chi connectivity index (χ3v) is 3.99. The Morgan fingerprint density at radius 1 is 1.47 bits per heavy atom. The van der Waals surface area contributed by atoms with Gasteiger partial charge < -0.3 is 10.5 Å². The van der Waals surface area contributed by atoms with Crippen LogP contribution in [0, 0.1) is 0 Å². The minimum atomic E-state index is -0.0586. The second kappa shape index (κ2) is 4.18. The van der Waals surface area contributed by atoms with Crippen LogP contribution < -0.4 is 5.73 Å². The van der Waals surface area contributed by atoms with Crippen LogP contribution in [0.25, 0.3) is 10.6 Å². The molecule has 1 aliphatic heterocycles. The quantitative estimate of drug-likeness (QED) is 0.891. The second-order valence-corrected chi connectivity index (χ2v) is 5.11. The van der Waals surface area contributed by atoms with Gasteiger partial charge in [0.25, 0.3) is 0 Å². The first kappa shape index (κ1) is 10.8. The fourth-order valence-electron chi connectivity index (χ4n) is 1.86. The number of aromatic nitrogens is 2. The topological polar surface area (TPSA) is 61.0 Å². The number of nitrogens with two attached hydrogens (primary N) is 1. The highest BCUT2D eigenvalue weighted by molar-refractivity contribution is 7.13. The lowest BCUT2D eigenvalue weighted by Crippen LogP contribution is -2.52. The predicted molar refractivity (Wildman–Crippen MR) is 66.9 cm³/mol. The van der Waals surface area contributed by atoms with Gasteiger partial charge in [0.05, 0.1) is 24.3 Å². The zero-order chi connectivity index (χ0) is 11.7. The second-order valence-electron chi connectivity index (χ2n) is 4.26. The van der Waals surface area contributed by atoms with Gasteiger partial charge in [-0.05, 0) is 12.1 Å². The van der Waals surface area contributed by atoms with Gasteiger partial charge in [-0.1, -0.05) is 0 Å². The summed E-state index contributed by atoms with van der Waals surface area (Å²) in [4.78, 5) is 8.77. The Bertz CT molecular complexity index is 502. The van der Waals surface area contributed by atoms with Crippen molar-refractivity contribution in [3.05, 3.63) is 35.6 Å². The number of nitrogens with zero attached hydrogens (tertiary/aromatic N) is 2. The van der Waals surface area contributed by atoms with E-state index in [1.165, 1.54) is 0 Å². The van der Waals surface area contributed by atoms with Gasteiger partial charge >= 0.3 is 0 Å². The fourth-order valence-corrected chi connectivity index (χ4v) is 2.79. The summed E-state index contributed by atoms with van der Waals surface area (Å²) in [7, 11) is 0. The normalized spacial score (nSPS) is 17.7. The van der Waals surface area contributed by atoms with Crippen LogP contribution in [0.2, 0.25) is 0 Å². The molecule has 2 aromatic rings. The molecule has 2 N–H and O–H groups in total. The number of ether oxygens (including phenoxy) is 1. The molecule has 0 bridgehead atoms. The van der Waals surface area contributed by atoms with Crippen LogP contribution in [0.15, 0.2) is 29.9 Å². The van der Waals surface area contributed by atoms with Crippen molar-refractivity contribution < 1.29 is 4.74 Å². The summed E-state index contributed by atoms with van der Waals surface area (Å²) in [5, 5.41) is 3.07. The summed E-state index contributed by atoms with van der Waals surface area (Å²) in [6.45, 7) is 1.95. The van der Waals surface area contributed by atoms with Crippen molar-refractivity contribution >= 4 is 11.3 Å². The summed E-state index contributed by atoms with van der Waals surface area (Å²) in [6, 6.07) is 3.93. The third-order valence-electron chi connectivity index (χ3n) is 3.10. The van der Waals surface area contributed by atoms with Crippen molar-refractivity contribution in [1.82, 2.24) is 9.97 Å². The van der Waals surface area contributed by atoms with E-state index in [0.29, 0.717) is 19.8 Å². The molecule has 0 saturated carbocycles. The molecule has 1 aliphatic rings. The third kappa shape index (κ3) is 1.76. The zero-order valence-corrected chi connectivity index (χ0v) is 10.1. The van der Waals surface area contributed by atoms with Gasteiger partial charge in [-0.3, -0.25) is 4.98 Å². The molecular weight excluding hydrogens is 234 g/mol. The van der Waals surface area contributed by atoms with Gasteiger partial charge in [0, 0.05) is 29.9 Å². The average molecular weight is 247 g/mol. The number of rotatable bonds is 3. The number of hydrogen-bond acceptors (Lipinski definition) is 5. The molecule has 17 heavy (non-hydrogen) atoms. The molecule has 1 saturated heterocycles. The van der Waals surface area contributed by atoms with E-state index in [-0.39, 0.29) is 5.41 Å². The van der Waals surface area contributed by atoms with E-state index in [1.54, 1.807) is 17.5 Å². The van der Waals surface area contributed by atoms with Crippen molar-refractivity contribution in [2.45, 2.75) is 5.41 Å². The Kier molecular flexibility index (Phi) is 2.66. The van der Waals surface area contributed by atoms with Crippen LogP contribution in [-0.4, -0.2) is 29.7 Å². The van der Waals surface area contributed by atoms with Crippen LogP contribution >= 0.6 is 11.3 Å². The molecule has 2 aromatic heterocycles. The lowest BCUT2D eigenvalue weighted by molar-refractivity contribution is -0.0568. The van der Waals surface area contributed by atoms with E-state index in [1.807, 2.05) is 18.3 Å². The van der Waals surface area contributed by atoms with Crippen molar-refractivity contribution in [2.75, 3.05) is 19.8 Å². The Hall–Kier alpha value is -1.30. The first-order valence-corrected chi connectivity index (χ1v) is 6.36. The van der Waals surface area contributed by atoms with Gasteiger partial charge in [-0.25, -0.2) is 4.98 Å². The van der Waals surface area contributed by atoms with E-state index >= 15 is 0 Å². The first-order valence-electron chi connectivity index (χ1n) is 5.48. The molecule has 88 valence electrons. The molecule has 3 heterocycles. The molecule has 0 aromatic carbocycles. The molecule has 3 rings (SSSR count). The standard InChI is InChI=1S/C12H13N3OS/c13-6-12(7-16-8-12)10-5-17-11(15-10)9-2-1-3-14-4-9/h1-5H,6-8,13H2. The van der Waals surface area contributed by atoms with Crippen LogP contribution in [0.5, 0.6) is 0 Å².